The molecule has 0 amide bonds. The Morgan fingerprint density at radius 2 is 1.67 bits per heavy atom. The largest absolute Gasteiger partial charge is 0.368 e. The minimum absolute atomic E-state index is 0.950. The molecule has 0 aliphatic heterocycles. The van der Waals surface area contributed by atoms with Gasteiger partial charge in [-0.15, -0.1) is 0 Å². The molecule has 4 rings (SSSR count). The molecule has 4 heteroatoms. The van der Waals surface area contributed by atoms with Crippen LogP contribution in [-0.2, 0) is 13.0 Å². The maximum Gasteiger partial charge on any atom is 0.150 e. The van der Waals surface area contributed by atoms with E-state index >= 15 is 0 Å². The molecule has 1 N–H and O–H groups in total. The molecule has 4 nitrogen and oxygen atoms in total. The quantitative estimate of drug-likeness (QED) is 0.353. The number of aryl methyl sites for hydroxylation is 2. The van der Waals surface area contributed by atoms with Crippen molar-refractivity contribution >= 4 is 27.6 Å². The van der Waals surface area contributed by atoms with Crippen LogP contribution in [0.2, 0.25) is 0 Å². The van der Waals surface area contributed by atoms with Crippen LogP contribution in [-0.4, -0.2) is 41.6 Å². The molecule has 4 aromatic rings. The molecular formula is C26H32N4. The first kappa shape index (κ1) is 20.4. The first-order valence-corrected chi connectivity index (χ1v) is 11.0. The van der Waals surface area contributed by atoms with E-state index in [0.29, 0.717) is 0 Å². The Hall–Kier alpha value is -2.85. The number of para-hydroxylation sites is 1. The lowest BCUT2D eigenvalue weighted by Gasteiger charge is -2.13. The van der Waals surface area contributed by atoms with E-state index in [1.807, 2.05) is 6.20 Å². The Kier molecular flexibility index (Phi) is 6.65. The molecule has 156 valence electrons. The molecule has 0 unspecified atom stereocenters. The summed E-state index contributed by atoms with van der Waals surface area (Å²) in [7, 11) is 4.26. The molecule has 0 spiro atoms. The van der Waals surface area contributed by atoms with Gasteiger partial charge in [-0.2, -0.15) is 0 Å². The zero-order valence-corrected chi connectivity index (χ0v) is 18.1. The number of pyridine rings is 1. The minimum Gasteiger partial charge on any atom is -0.368 e. The van der Waals surface area contributed by atoms with E-state index < -0.39 is 0 Å². The van der Waals surface area contributed by atoms with Gasteiger partial charge in [0.15, 0.2) is 5.82 Å². The van der Waals surface area contributed by atoms with Crippen LogP contribution in [0.25, 0.3) is 21.8 Å². The van der Waals surface area contributed by atoms with Crippen molar-refractivity contribution in [2.75, 3.05) is 32.5 Å². The summed E-state index contributed by atoms with van der Waals surface area (Å²) in [6.45, 7) is 3.06. The number of fused-ring (bicyclic) bond motifs is 3. The highest BCUT2D eigenvalue weighted by molar-refractivity contribution is 6.11. The zero-order valence-electron chi connectivity index (χ0n) is 18.1. The molecular weight excluding hydrogens is 368 g/mol. The number of nitrogens with zero attached hydrogens (tertiary/aromatic N) is 3. The Morgan fingerprint density at radius 3 is 2.50 bits per heavy atom. The Labute approximate surface area is 179 Å². The van der Waals surface area contributed by atoms with Crippen LogP contribution in [0.5, 0.6) is 0 Å². The first-order chi connectivity index (χ1) is 14.7. The maximum atomic E-state index is 4.72. The summed E-state index contributed by atoms with van der Waals surface area (Å²) in [5, 5.41) is 6.22. The van der Waals surface area contributed by atoms with E-state index in [0.717, 1.165) is 44.7 Å². The summed E-state index contributed by atoms with van der Waals surface area (Å²) >= 11 is 0. The first-order valence-electron chi connectivity index (χ1n) is 11.0. The predicted molar refractivity (Wildman–Crippen MR) is 128 cm³/mol. The summed E-state index contributed by atoms with van der Waals surface area (Å²) in [6, 6.07) is 21.6. The molecule has 0 bridgehead atoms. The van der Waals surface area contributed by atoms with E-state index in [4.69, 9.17) is 4.98 Å². The lowest BCUT2D eigenvalue weighted by Crippen LogP contribution is -2.14. The third-order valence-corrected chi connectivity index (χ3v) is 5.69. The molecule has 2 heterocycles. The number of unbranched alkanes of at least 4 members (excludes halogenated alkanes) is 1. The molecule has 30 heavy (non-hydrogen) atoms. The van der Waals surface area contributed by atoms with Gasteiger partial charge < -0.3 is 14.8 Å². The van der Waals surface area contributed by atoms with E-state index in [1.54, 1.807) is 0 Å². The SMILES string of the molecule is CN(C)CCCCNc1nccc2c3ccccc3n(CCCc3ccccc3)c12. The number of anilines is 1. The van der Waals surface area contributed by atoms with Gasteiger partial charge in [-0.3, -0.25) is 0 Å². The number of hydrogen-bond acceptors (Lipinski definition) is 3. The third kappa shape index (κ3) is 4.65. The normalized spacial score (nSPS) is 11.6. The van der Waals surface area contributed by atoms with E-state index in [9.17, 15) is 0 Å². The van der Waals surface area contributed by atoms with Crippen molar-refractivity contribution in [3.63, 3.8) is 0 Å². The molecule has 0 aliphatic rings. The van der Waals surface area contributed by atoms with Crippen LogP contribution < -0.4 is 5.32 Å². The smallest absolute Gasteiger partial charge is 0.150 e. The summed E-state index contributed by atoms with van der Waals surface area (Å²) in [5.74, 6) is 1.01. The second kappa shape index (κ2) is 9.77. The Bertz CT molecular complexity index is 1080. The zero-order chi connectivity index (χ0) is 20.8. The lowest BCUT2D eigenvalue weighted by atomic mass is 10.1. The van der Waals surface area contributed by atoms with Crippen LogP contribution in [0.4, 0.5) is 5.82 Å². The van der Waals surface area contributed by atoms with Crippen molar-refractivity contribution in [2.24, 2.45) is 0 Å². The summed E-state index contributed by atoms with van der Waals surface area (Å²) in [6.07, 6.45) is 6.46. The molecule has 0 saturated carbocycles. The van der Waals surface area contributed by atoms with Crippen molar-refractivity contribution in [1.29, 1.82) is 0 Å². The highest BCUT2D eigenvalue weighted by Crippen LogP contribution is 2.32. The fourth-order valence-corrected chi connectivity index (χ4v) is 4.21. The monoisotopic (exact) mass is 400 g/mol. The van der Waals surface area contributed by atoms with Gasteiger partial charge in [-0.25, -0.2) is 4.98 Å². The van der Waals surface area contributed by atoms with Crippen molar-refractivity contribution in [3.05, 3.63) is 72.4 Å². The predicted octanol–water partition coefficient (Wildman–Crippen LogP) is 5.58. The van der Waals surface area contributed by atoms with Crippen LogP contribution in [0.3, 0.4) is 0 Å². The van der Waals surface area contributed by atoms with Crippen molar-refractivity contribution in [3.8, 4) is 0 Å². The van der Waals surface area contributed by atoms with Crippen LogP contribution in [0.1, 0.15) is 24.8 Å². The van der Waals surface area contributed by atoms with Gasteiger partial charge in [0.2, 0.25) is 0 Å². The summed E-state index contributed by atoms with van der Waals surface area (Å²) in [4.78, 5) is 6.96. The number of nitrogens with one attached hydrogen (secondary N) is 1. The van der Waals surface area contributed by atoms with Crippen LogP contribution in [0.15, 0.2) is 66.9 Å². The van der Waals surface area contributed by atoms with Gasteiger partial charge in [0.05, 0.1) is 5.52 Å². The van der Waals surface area contributed by atoms with E-state index in [2.05, 4.69) is 89.5 Å². The number of hydrogen-bond donors (Lipinski definition) is 1. The number of aromatic nitrogens is 2. The fourth-order valence-electron chi connectivity index (χ4n) is 4.21. The average Bonchev–Trinajstić information content (AvgIpc) is 3.09. The van der Waals surface area contributed by atoms with Gasteiger partial charge in [0.25, 0.3) is 0 Å². The second-order valence-electron chi connectivity index (χ2n) is 8.25. The Balaban J connectivity index is 1.58. The van der Waals surface area contributed by atoms with Gasteiger partial charge in [0.1, 0.15) is 0 Å². The molecule has 0 radical (unpaired) electrons. The van der Waals surface area contributed by atoms with Gasteiger partial charge in [0, 0.05) is 35.6 Å². The average molecular weight is 401 g/mol. The molecule has 2 aromatic carbocycles. The standard InChI is InChI=1S/C26H32N4/c1-29(2)19-9-8-17-27-26-25-23(16-18-28-26)22-14-6-7-15-24(22)30(25)20-10-13-21-11-4-3-5-12-21/h3-7,11-12,14-16,18H,8-10,13,17,19-20H2,1-2H3,(H,27,28). The maximum absolute atomic E-state index is 4.72. The molecule has 0 aliphatic carbocycles. The van der Waals surface area contributed by atoms with Crippen LogP contribution >= 0.6 is 0 Å². The summed E-state index contributed by atoms with van der Waals surface area (Å²) in [5.41, 5.74) is 3.93. The van der Waals surface area contributed by atoms with Crippen molar-refractivity contribution < 1.29 is 0 Å². The van der Waals surface area contributed by atoms with E-state index in [1.165, 1.54) is 33.8 Å². The second-order valence-corrected chi connectivity index (χ2v) is 8.25. The Morgan fingerprint density at radius 1 is 0.867 bits per heavy atom. The van der Waals surface area contributed by atoms with Crippen molar-refractivity contribution in [1.82, 2.24) is 14.5 Å². The highest BCUT2D eigenvalue weighted by atomic mass is 15.1. The van der Waals surface area contributed by atoms with Crippen LogP contribution in [0, 0.1) is 0 Å². The number of rotatable bonds is 10. The molecule has 2 aromatic heterocycles. The van der Waals surface area contributed by atoms with Gasteiger partial charge in [-0.1, -0.05) is 48.5 Å². The minimum atomic E-state index is 0.950. The summed E-state index contributed by atoms with van der Waals surface area (Å²) < 4.78 is 2.46. The lowest BCUT2D eigenvalue weighted by molar-refractivity contribution is 0.396. The number of benzene rings is 2. The van der Waals surface area contributed by atoms with E-state index in [-0.39, 0.29) is 0 Å². The van der Waals surface area contributed by atoms with Gasteiger partial charge >= 0.3 is 0 Å². The highest BCUT2D eigenvalue weighted by Gasteiger charge is 2.14. The fraction of sp³-hybridized carbons (Fsp3) is 0.346. The topological polar surface area (TPSA) is 33.1 Å². The molecule has 0 saturated heterocycles. The molecule has 0 fully saturated rings. The third-order valence-electron chi connectivity index (χ3n) is 5.69. The molecule has 0 atom stereocenters. The van der Waals surface area contributed by atoms with Crippen molar-refractivity contribution in [2.45, 2.75) is 32.2 Å². The van der Waals surface area contributed by atoms with Gasteiger partial charge in [-0.05, 0) is 64.0 Å².